The molecule has 3 aromatic carbocycles. The van der Waals surface area contributed by atoms with E-state index in [1.807, 2.05) is 72.8 Å². The molecule has 26 heteroatoms. The van der Waals surface area contributed by atoms with Crippen LogP contribution in [0.2, 0.25) is 0 Å². The molecule has 2 heterocycles. The van der Waals surface area contributed by atoms with Crippen LogP contribution >= 0.6 is 0 Å². The molecule has 5 amide bonds. The van der Waals surface area contributed by atoms with Crippen molar-refractivity contribution < 1.29 is 70.1 Å². The van der Waals surface area contributed by atoms with E-state index >= 15 is 0 Å². The summed E-state index contributed by atoms with van der Waals surface area (Å²) < 4.78 is 63.5. The highest BCUT2D eigenvalue weighted by Crippen LogP contribution is 2.34. The van der Waals surface area contributed by atoms with Crippen LogP contribution in [0.4, 0.5) is 26.3 Å². The minimum atomic E-state index is -5.08. The van der Waals surface area contributed by atoms with Crippen LogP contribution < -0.4 is 44.2 Å². The highest BCUT2D eigenvalue weighted by atomic mass is 19.4. The number of amides is 5. The molecule has 2 saturated heterocycles. The number of hydrogen-bond acceptors (Lipinski definition) is 9. The van der Waals surface area contributed by atoms with Crippen molar-refractivity contribution in [3.05, 3.63) is 83.9 Å². The lowest BCUT2D eigenvalue weighted by molar-refractivity contribution is -0.193. The molecular formula is C42H51F6N11O9. The molecule has 14 N–H and O–H groups in total. The number of nitrogens with zero attached hydrogens (tertiary/aromatic N) is 3. The second-order valence-electron chi connectivity index (χ2n) is 15.1. The van der Waals surface area contributed by atoms with Crippen LogP contribution in [0.5, 0.6) is 0 Å². The Bertz CT molecular complexity index is 2290. The van der Waals surface area contributed by atoms with Crippen molar-refractivity contribution in [1.29, 1.82) is 0 Å². The molecule has 2 aliphatic heterocycles. The molecule has 5 atom stereocenters. The molecule has 0 unspecified atom stereocenters. The fourth-order valence-corrected chi connectivity index (χ4v) is 6.99. The summed E-state index contributed by atoms with van der Waals surface area (Å²) in [6.45, 7) is 0.218. The fraction of sp³-hybridized carbons (Fsp3) is 0.405. The number of benzene rings is 3. The fourth-order valence-electron chi connectivity index (χ4n) is 6.99. The van der Waals surface area contributed by atoms with Gasteiger partial charge in [0.05, 0.1) is 6.54 Å². The number of guanidine groups is 2. The first-order valence-corrected chi connectivity index (χ1v) is 20.6. The van der Waals surface area contributed by atoms with E-state index in [-0.39, 0.29) is 56.7 Å². The van der Waals surface area contributed by atoms with Gasteiger partial charge in [0.1, 0.15) is 24.2 Å². The van der Waals surface area contributed by atoms with Crippen molar-refractivity contribution in [3.8, 4) is 0 Å². The van der Waals surface area contributed by atoms with E-state index in [0.717, 1.165) is 21.9 Å². The van der Waals surface area contributed by atoms with Crippen LogP contribution in [0.3, 0.4) is 0 Å². The molecule has 0 spiro atoms. The Morgan fingerprint density at radius 2 is 1.12 bits per heavy atom. The van der Waals surface area contributed by atoms with Crippen molar-refractivity contribution in [2.45, 2.75) is 81.0 Å². The van der Waals surface area contributed by atoms with Gasteiger partial charge in [-0.05, 0) is 54.0 Å². The van der Waals surface area contributed by atoms with Crippen molar-refractivity contribution in [1.82, 2.24) is 26.2 Å². The highest BCUT2D eigenvalue weighted by molar-refractivity contribution is 5.98. The first kappa shape index (κ1) is 54.7. The molecule has 0 aliphatic carbocycles. The lowest BCUT2D eigenvalue weighted by atomic mass is 9.91. The third kappa shape index (κ3) is 17.6. The maximum Gasteiger partial charge on any atom is 0.490 e. The number of carboxylic acid groups (broad SMARTS) is 2. The van der Waals surface area contributed by atoms with Gasteiger partial charge in [0.2, 0.25) is 29.5 Å². The zero-order valence-electron chi connectivity index (χ0n) is 36.1. The largest absolute Gasteiger partial charge is 0.490 e. The van der Waals surface area contributed by atoms with Crippen LogP contribution in [0.15, 0.2) is 82.8 Å². The molecule has 5 rings (SSSR count). The number of rotatable bonds is 11. The number of aliphatic carboxylic acids is 2. The number of aliphatic imine (C=N–C) groups is 2. The summed E-state index contributed by atoms with van der Waals surface area (Å²) in [5.41, 5.74) is 23.6. The van der Waals surface area contributed by atoms with Gasteiger partial charge in [0.25, 0.3) is 0 Å². The van der Waals surface area contributed by atoms with E-state index in [0.29, 0.717) is 19.3 Å². The molecule has 0 radical (unpaired) electrons. The highest BCUT2D eigenvalue weighted by Gasteiger charge is 2.44. The van der Waals surface area contributed by atoms with E-state index < -0.39 is 84.5 Å². The molecular weight excluding hydrogens is 917 g/mol. The normalized spacial score (nSPS) is 20.2. The van der Waals surface area contributed by atoms with Crippen molar-refractivity contribution >= 4 is 64.2 Å². The second kappa shape index (κ2) is 25.3. The minimum Gasteiger partial charge on any atom is -0.475 e. The van der Waals surface area contributed by atoms with Gasteiger partial charge in [-0.15, -0.1) is 0 Å². The van der Waals surface area contributed by atoms with E-state index in [4.69, 9.17) is 42.7 Å². The Morgan fingerprint density at radius 1 is 0.647 bits per heavy atom. The Morgan fingerprint density at radius 3 is 1.62 bits per heavy atom. The van der Waals surface area contributed by atoms with Gasteiger partial charge in [-0.3, -0.25) is 34.0 Å². The predicted molar refractivity (Wildman–Crippen MR) is 233 cm³/mol. The molecule has 370 valence electrons. The van der Waals surface area contributed by atoms with Gasteiger partial charge in [-0.1, -0.05) is 72.8 Å². The number of carbonyl (C=O) groups is 7. The molecule has 0 bridgehead atoms. The number of carbonyl (C=O) groups excluding carboxylic acids is 5. The van der Waals surface area contributed by atoms with Crippen LogP contribution in [0.1, 0.15) is 49.1 Å². The maximum absolute atomic E-state index is 14.2. The first-order valence-electron chi connectivity index (χ1n) is 20.6. The van der Waals surface area contributed by atoms with Gasteiger partial charge < -0.3 is 59.3 Å². The summed E-state index contributed by atoms with van der Waals surface area (Å²) in [7, 11) is 0. The number of nitrogens with one attached hydrogen (secondary N) is 4. The average molecular weight is 968 g/mol. The van der Waals surface area contributed by atoms with Crippen LogP contribution in [0.25, 0.3) is 10.8 Å². The first-order chi connectivity index (χ1) is 31.9. The summed E-state index contributed by atoms with van der Waals surface area (Å²) in [5.74, 6) is -9.00. The number of fused-ring (bicyclic) bond motifs is 2. The minimum absolute atomic E-state index is 0.0984. The summed E-state index contributed by atoms with van der Waals surface area (Å²) in [6.07, 6.45) is -8.72. The third-order valence-electron chi connectivity index (χ3n) is 10.2. The number of carboxylic acids is 2. The monoisotopic (exact) mass is 967 g/mol. The Balaban J connectivity index is 0.000000759. The van der Waals surface area contributed by atoms with E-state index in [1.165, 1.54) is 4.90 Å². The standard InChI is InChI=1S/C38H49N11O5.2C2HF3O2/c39-37(40)43-17-6-12-28-35(53)48-30(21-23-14-15-24-8-4-5-11-26(24)20-23)33(51)45-22-31(50)49-19-16-27(25-9-2-1-3-10-25)32(49)36(54)47-29(34(52)46-28)13-7-18-44-38(41)42;2*3-2(4,5)1(6)7/h1-5,8-11,14-15,20,27-30,32H,6-7,12-13,16-19,21-22H2,(H,45,51)(H,46,52)(H,47,54)(H,48,53)(H4,39,40,43)(H4,41,42,44);2*(H,6,7)/t27-,28+,29+,30+,32+;;/m1../s1. The molecule has 20 nitrogen and oxygen atoms in total. The lowest BCUT2D eigenvalue weighted by Crippen LogP contribution is -2.58. The summed E-state index contributed by atoms with van der Waals surface area (Å²) in [6, 6.07) is 18.5. The average Bonchev–Trinajstić information content (AvgIpc) is 3.72. The van der Waals surface area contributed by atoms with Gasteiger partial charge in [0.15, 0.2) is 11.9 Å². The van der Waals surface area contributed by atoms with Crippen molar-refractivity contribution in [3.63, 3.8) is 0 Å². The Labute approximate surface area is 383 Å². The molecule has 2 fully saturated rings. The molecule has 68 heavy (non-hydrogen) atoms. The lowest BCUT2D eigenvalue weighted by Gasteiger charge is -2.30. The third-order valence-corrected chi connectivity index (χ3v) is 10.2. The Hall–Kier alpha value is -7.67. The van der Waals surface area contributed by atoms with Gasteiger partial charge in [-0.25, -0.2) is 9.59 Å². The summed E-state index contributed by atoms with van der Waals surface area (Å²) in [4.78, 5) is 97.3. The van der Waals surface area contributed by atoms with Crippen molar-refractivity contribution in [2.24, 2.45) is 32.9 Å². The van der Waals surface area contributed by atoms with Crippen LogP contribution in [-0.4, -0.2) is 131 Å². The van der Waals surface area contributed by atoms with E-state index in [9.17, 15) is 50.3 Å². The second-order valence-corrected chi connectivity index (χ2v) is 15.1. The Kier molecular flexibility index (Phi) is 20.3. The van der Waals surface area contributed by atoms with Crippen LogP contribution in [-0.2, 0) is 40.0 Å². The number of halogens is 6. The maximum atomic E-state index is 14.2. The van der Waals surface area contributed by atoms with Gasteiger partial charge >= 0.3 is 24.3 Å². The number of hydrogen-bond donors (Lipinski definition) is 10. The summed E-state index contributed by atoms with van der Waals surface area (Å²) >= 11 is 0. The molecule has 2 aliphatic rings. The number of alkyl halides is 6. The zero-order valence-corrected chi connectivity index (χ0v) is 36.1. The van der Waals surface area contributed by atoms with Gasteiger partial charge in [0, 0.05) is 32.0 Å². The summed E-state index contributed by atoms with van der Waals surface area (Å²) in [5, 5.41) is 27.4. The molecule has 0 saturated carbocycles. The predicted octanol–water partition coefficient (Wildman–Crippen LogP) is 0.725. The molecule has 0 aromatic heterocycles. The molecule has 3 aromatic rings. The van der Waals surface area contributed by atoms with E-state index in [2.05, 4.69) is 31.3 Å². The van der Waals surface area contributed by atoms with E-state index in [1.54, 1.807) is 0 Å². The van der Waals surface area contributed by atoms with Crippen LogP contribution in [0, 0.1) is 0 Å². The number of nitrogens with two attached hydrogens (primary N) is 4. The zero-order chi connectivity index (χ0) is 50.8. The van der Waals surface area contributed by atoms with Crippen molar-refractivity contribution in [2.75, 3.05) is 26.2 Å². The SMILES string of the molecule is NC(N)=NCCC[C@@H]1NC(=O)[C@H](CCCN=C(N)N)NC(=O)[C@@H]2[C@@H](c3ccccc3)CCN2C(=O)CNC(=O)[C@H](Cc2ccc3ccccc3c2)NC1=O.O=C(O)C(F)(F)F.O=C(O)C(F)(F)F. The quantitative estimate of drug-likeness (QED) is 0.0549. The topological polar surface area (TPSA) is 340 Å². The van der Waals surface area contributed by atoms with Gasteiger partial charge in [-0.2, -0.15) is 26.3 Å². The smallest absolute Gasteiger partial charge is 0.475 e.